The number of halogens is 1. The standard InChI is InChI=1S/C21H28BrN3O3/c1-28-10-9-24-8-2-3-16(12-24)23-19(26)13-25-14-21(6-7-21)18-11-15(22)4-5-17(18)20(25)27/h4-5,11,16H,2-3,6-10,12-14H2,1H3,(H,23,26)/t16-/m0/s1. The number of carbonyl (C=O) groups is 2. The van der Waals surface area contributed by atoms with Gasteiger partial charge >= 0.3 is 0 Å². The quantitative estimate of drug-likeness (QED) is 0.722. The lowest BCUT2D eigenvalue weighted by atomic mass is 9.86. The summed E-state index contributed by atoms with van der Waals surface area (Å²) in [6.45, 7) is 4.29. The molecular formula is C21H28BrN3O3. The van der Waals surface area contributed by atoms with Gasteiger partial charge in [-0.1, -0.05) is 15.9 Å². The van der Waals surface area contributed by atoms with Gasteiger partial charge in [0.05, 0.1) is 13.2 Å². The van der Waals surface area contributed by atoms with E-state index in [1.165, 1.54) is 0 Å². The summed E-state index contributed by atoms with van der Waals surface area (Å²) >= 11 is 3.52. The van der Waals surface area contributed by atoms with Gasteiger partial charge in [0.15, 0.2) is 0 Å². The van der Waals surface area contributed by atoms with E-state index < -0.39 is 0 Å². The molecule has 1 aromatic carbocycles. The Kier molecular flexibility index (Phi) is 5.76. The molecule has 0 aromatic heterocycles. The fourth-order valence-corrected chi connectivity index (χ4v) is 4.95. The Bertz CT molecular complexity index is 765. The number of carbonyl (C=O) groups excluding carboxylic acids is 2. The monoisotopic (exact) mass is 449 g/mol. The van der Waals surface area contributed by atoms with Crippen molar-refractivity contribution in [1.29, 1.82) is 0 Å². The molecule has 3 aliphatic rings. The lowest BCUT2D eigenvalue weighted by molar-refractivity contribution is -0.123. The molecule has 4 rings (SSSR count). The number of hydrogen-bond acceptors (Lipinski definition) is 4. The summed E-state index contributed by atoms with van der Waals surface area (Å²) in [6.07, 6.45) is 4.23. The SMILES string of the molecule is COCCN1CCC[C@H](NC(=O)CN2CC3(CC3)c3cc(Br)ccc3C2=O)C1. The van der Waals surface area contributed by atoms with E-state index in [1.54, 1.807) is 12.0 Å². The highest BCUT2D eigenvalue weighted by Crippen LogP contribution is 2.52. The lowest BCUT2D eigenvalue weighted by Crippen LogP contribution is -2.52. The second-order valence-corrected chi connectivity index (χ2v) is 9.25. The summed E-state index contributed by atoms with van der Waals surface area (Å²) < 4.78 is 6.16. The largest absolute Gasteiger partial charge is 0.383 e. The molecule has 0 unspecified atom stereocenters. The molecule has 2 amide bonds. The molecule has 2 aliphatic heterocycles. The van der Waals surface area contributed by atoms with Crippen molar-refractivity contribution in [2.45, 2.75) is 37.1 Å². The average Bonchev–Trinajstić information content (AvgIpc) is 3.45. The zero-order valence-electron chi connectivity index (χ0n) is 16.4. The molecule has 6 nitrogen and oxygen atoms in total. The highest BCUT2D eigenvalue weighted by atomic mass is 79.9. The van der Waals surface area contributed by atoms with E-state index in [0.717, 1.165) is 60.9 Å². The van der Waals surface area contributed by atoms with Gasteiger partial charge in [-0.2, -0.15) is 0 Å². The van der Waals surface area contributed by atoms with Crippen LogP contribution in [0.2, 0.25) is 0 Å². The number of likely N-dealkylation sites (tertiary alicyclic amines) is 1. The molecule has 2 fully saturated rings. The highest BCUT2D eigenvalue weighted by Gasteiger charge is 2.51. The van der Waals surface area contributed by atoms with Crippen LogP contribution >= 0.6 is 15.9 Å². The normalized spacial score (nSPS) is 23.6. The van der Waals surface area contributed by atoms with Crippen LogP contribution in [0, 0.1) is 0 Å². The third-order valence-corrected chi connectivity index (χ3v) is 6.73. The number of amides is 2. The Morgan fingerprint density at radius 2 is 2.21 bits per heavy atom. The van der Waals surface area contributed by atoms with Gasteiger partial charge in [-0.05, 0) is 56.0 Å². The number of hydrogen-bond donors (Lipinski definition) is 1. The summed E-state index contributed by atoms with van der Waals surface area (Å²) in [7, 11) is 1.71. The van der Waals surface area contributed by atoms with Crippen LogP contribution in [0.25, 0.3) is 0 Å². The van der Waals surface area contributed by atoms with Crippen LogP contribution in [0.5, 0.6) is 0 Å². The predicted molar refractivity (Wildman–Crippen MR) is 110 cm³/mol. The zero-order chi connectivity index (χ0) is 19.7. The van der Waals surface area contributed by atoms with Crippen molar-refractivity contribution in [3.05, 3.63) is 33.8 Å². The minimum atomic E-state index is -0.0525. The second-order valence-electron chi connectivity index (χ2n) is 8.33. The maximum Gasteiger partial charge on any atom is 0.254 e. The second kappa shape index (κ2) is 8.13. The van der Waals surface area contributed by atoms with Crippen LogP contribution in [0.1, 0.15) is 41.6 Å². The number of nitrogens with one attached hydrogen (secondary N) is 1. The van der Waals surface area contributed by atoms with Gasteiger partial charge in [-0.15, -0.1) is 0 Å². The van der Waals surface area contributed by atoms with E-state index >= 15 is 0 Å². The molecule has 1 saturated carbocycles. The number of benzene rings is 1. The molecule has 0 bridgehead atoms. The number of rotatable bonds is 6. The molecular weight excluding hydrogens is 422 g/mol. The summed E-state index contributed by atoms with van der Waals surface area (Å²) in [5.74, 6) is -0.0798. The minimum Gasteiger partial charge on any atom is -0.383 e. The molecule has 1 aromatic rings. The number of methoxy groups -OCH3 is 1. The summed E-state index contributed by atoms with van der Waals surface area (Å²) in [5.41, 5.74) is 1.95. The van der Waals surface area contributed by atoms with Crippen LogP contribution < -0.4 is 5.32 Å². The number of fused-ring (bicyclic) bond motifs is 2. The van der Waals surface area contributed by atoms with E-state index in [9.17, 15) is 9.59 Å². The first-order valence-corrected chi connectivity index (χ1v) is 10.9. The van der Waals surface area contributed by atoms with Crippen LogP contribution in [0.4, 0.5) is 0 Å². The molecule has 28 heavy (non-hydrogen) atoms. The lowest BCUT2D eigenvalue weighted by Gasteiger charge is -2.36. The molecule has 1 spiro atoms. The molecule has 2 heterocycles. The average molecular weight is 450 g/mol. The maximum absolute atomic E-state index is 13.0. The fraction of sp³-hybridized carbons (Fsp3) is 0.619. The summed E-state index contributed by atoms with van der Waals surface area (Å²) in [5, 5.41) is 3.15. The number of nitrogens with zero attached hydrogens (tertiary/aromatic N) is 2. The van der Waals surface area contributed by atoms with Gasteiger partial charge in [-0.25, -0.2) is 0 Å². The van der Waals surface area contributed by atoms with Crippen molar-refractivity contribution in [2.75, 3.05) is 46.4 Å². The maximum atomic E-state index is 13.0. The fourth-order valence-electron chi connectivity index (χ4n) is 4.58. The number of ether oxygens (including phenoxy) is 1. The van der Waals surface area contributed by atoms with Crippen molar-refractivity contribution in [2.24, 2.45) is 0 Å². The first-order valence-electron chi connectivity index (χ1n) is 10.1. The van der Waals surface area contributed by atoms with E-state index in [4.69, 9.17) is 4.74 Å². The topological polar surface area (TPSA) is 61.9 Å². The zero-order valence-corrected chi connectivity index (χ0v) is 18.0. The van der Waals surface area contributed by atoms with Crippen molar-refractivity contribution in [1.82, 2.24) is 15.1 Å². The summed E-state index contributed by atoms with van der Waals surface area (Å²) in [4.78, 5) is 29.7. The van der Waals surface area contributed by atoms with Crippen LogP contribution in [0.3, 0.4) is 0 Å². The Morgan fingerprint density at radius 3 is 2.96 bits per heavy atom. The van der Waals surface area contributed by atoms with Crippen molar-refractivity contribution in [3.63, 3.8) is 0 Å². The van der Waals surface area contributed by atoms with Gasteiger partial charge in [0.1, 0.15) is 0 Å². The Hall–Kier alpha value is -1.44. The van der Waals surface area contributed by atoms with E-state index in [-0.39, 0.29) is 29.8 Å². The molecule has 1 aliphatic carbocycles. The summed E-state index contributed by atoms with van der Waals surface area (Å²) in [6, 6.07) is 6.03. The Labute approximate surface area is 174 Å². The van der Waals surface area contributed by atoms with Crippen molar-refractivity contribution in [3.8, 4) is 0 Å². The van der Waals surface area contributed by atoms with Crippen LogP contribution in [-0.4, -0.2) is 74.1 Å². The molecule has 1 saturated heterocycles. The highest BCUT2D eigenvalue weighted by molar-refractivity contribution is 9.10. The molecule has 0 radical (unpaired) electrons. The Morgan fingerprint density at radius 1 is 1.39 bits per heavy atom. The van der Waals surface area contributed by atoms with E-state index in [2.05, 4.69) is 32.2 Å². The third-order valence-electron chi connectivity index (χ3n) is 6.23. The predicted octanol–water partition coefficient (Wildman–Crippen LogP) is 2.16. The first kappa shape index (κ1) is 19.9. The van der Waals surface area contributed by atoms with Crippen LogP contribution in [0.15, 0.2) is 22.7 Å². The van der Waals surface area contributed by atoms with Gasteiger partial charge in [0.2, 0.25) is 5.91 Å². The van der Waals surface area contributed by atoms with Crippen molar-refractivity contribution < 1.29 is 14.3 Å². The molecule has 1 atom stereocenters. The van der Waals surface area contributed by atoms with E-state index in [1.807, 2.05) is 12.1 Å². The van der Waals surface area contributed by atoms with Gasteiger partial charge in [0.25, 0.3) is 5.91 Å². The van der Waals surface area contributed by atoms with Gasteiger partial charge in [-0.3, -0.25) is 14.5 Å². The molecule has 1 N–H and O–H groups in total. The number of piperidine rings is 1. The van der Waals surface area contributed by atoms with Crippen molar-refractivity contribution >= 4 is 27.7 Å². The smallest absolute Gasteiger partial charge is 0.254 e. The van der Waals surface area contributed by atoms with Crippen LogP contribution in [-0.2, 0) is 14.9 Å². The third kappa shape index (κ3) is 4.11. The van der Waals surface area contributed by atoms with Gasteiger partial charge in [0, 0.05) is 48.2 Å². The van der Waals surface area contributed by atoms with E-state index in [0.29, 0.717) is 13.2 Å². The minimum absolute atomic E-state index is 0.0273. The molecule has 152 valence electrons. The Balaban J connectivity index is 1.37. The first-order chi connectivity index (χ1) is 13.5. The van der Waals surface area contributed by atoms with Gasteiger partial charge < -0.3 is 15.0 Å². The molecule has 7 heteroatoms.